The second-order valence-corrected chi connectivity index (χ2v) is 7.90. The lowest BCUT2D eigenvalue weighted by molar-refractivity contribution is -0.384. The first-order valence-electron chi connectivity index (χ1n) is 9.78. The van der Waals surface area contributed by atoms with Crippen LogP contribution in [0.15, 0.2) is 48.5 Å². The number of benzene rings is 2. The summed E-state index contributed by atoms with van der Waals surface area (Å²) in [5, 5.41) is 22.0. The van der Waals surface area contributed by atoms with Crippen molar-refractivity contribution in [1.82, 2.24) is 4.90 Å². The van der Waals surface area contributed by atoms with E-state index < -0.39 is 10.5 Å². The van der Waals surface area contributed by atoms with Crippen molar-refractivity contribution in [3.05, 3.63) is 75.3 Å². The van der Waals surface area contributed by atoms with Crippen LogP contribution < -0.4 is 0 Å². The zero-order valence-electron chi connectivity index (χ0n) is 16.1. The Hall–Kier alpha value is -2.28. The van der Waals surface area contributed by atoms with E-state index in [1.54, 1.807) is 6.07 Å². The minimum absolute atomic E-state index is 0. The molecule has 0 bridgehead atoms. The molecule has 1 aliphatic carbocycles. The summed E-state index contributed by atoms with van der Waals surface area (Å²) in [4.78, 5) is 25.7. The number of non-ortho nitro benzene ring substituents is 1. The fraction of sp³-hybridized carbons (Fsp3) is 0.409. The molecule has 0 aromatic heterocycles. The fourth-order valence-electron chi connectivity index (χ4n) is 4.43. The largest absolute Gasteiger partial charge is 0.385 e. The Morgan fingerprint density at radius 2 is 1.83 bits per heavy atom. The third-order valence-electron chi connectivity index (χ3n) is 6.18. The summed E-state index contributed by atoms with van der Waals surface area (Å²) >= 11 is 0. The van der Waals surface area contributed by atoms with Crippen molar-refractivity contribution in [1.29, 1.82) is 0 Å². The van der Waals surface area contributed by atoms with Crippen LogP contribution in [0.25, 0.3) is 0 Å². The van der Waals surface area contributed by atoms with Crippen LogP contribution in [0.1, 0.15) is 40.7 Å². The van der Waals surface area contributed by atoms with Gasteiger partial charge in [-0.05, 0) is 36.8 Å². The average molecular weight is 417 g/mol. The molecule has 154 valence electrons. The smallest absolute Gasteiger partial charge is 0.270 e. The number of likely N-dealkylation sites (tertiary alicyclic amines) is 1. The number of hydrogen-bond donors (Lipinski definition) is 1. The third kappa shape index (κ3) is 4.34. The number of Topliss-reactive ketones (excluding diaryl/α,β-unsaturated/α-hetero) is 1. The molecule has 29 heavy (non-hydrogen) atoms. The predicted molar refractivity (Wildman–Crippen MR) is 112 cm³/mol. The number of carbonyl (C=O) groups is 1. The lowest BCUT2D eigenvalue weighted by Crippen LogP contribution is -2.45. The van der Waals surface area contributed by atoms with Gasteiger partial charge in [-0.25, -0.2) is 0 Å². The highest BCUT2D eigenvalue weighted by atomic mass is 35.5. The van der Waals surface area contributed by atoms with E-state index in [-0.39, 0.29) is 29.8 Å². The molecular weight excluding hydrogens is 392 g/mol. The Bertz CT molecular complexity index is 895. The van der Waals surface area contributed by atoms with Gasteiger partial charge in [-0.3, -0.25) is 14.9 Å². The highest BCUT2D eigenvalue weighted by Crippen LogP contribution is 2.34. The van der Waals surface area contributed by atoms with Gasteiger partial charge in [0.15, 0.2) is 5.78 Å². The van der Waals surface area contributed by atoms with Gasteiger partial charge in [0.2, 0.25) is 0 Å². The van der Waals surface area contributed by atoms with Gasteiger partial charge in [-0.1, -0.05) is 36.4 Å². The van der Waals surface area contributed by atoms with E-state index >= 15 is 0 Å². The zero-order chi connectivity index (χ0) is 19.7. The van der Waals surface area contributed by atoms with Crippen LogP contribution in [0, 0.1) is 16.0 Å². The molecule has 0 saturated carbocycles. The second kappa shape index (κ2) is 8.61. The van der Waals surface area contributed by atoms with Gasteiger partial charge in [0, 0.05) is 43.2 Å². The molecule has 1 N–H and O–H groups in total. The monoisotopic (exact) mass is 416 g/mol. The first kappa shape index (κ1) is 21.4. The number of rotatable bonds is 4. The number of nitro groups is 1. The highest BCUT2D eigenvalue weighted by molar-refractivity contribution is 6.00. The number of carbonyl (C=O) groups excluding carboxylic acids is 1. The maximum Gasteiger partial charge on any atom is 0.270 e. The number of aryl methyl sites for hydroxylation is 1. The van der Waals surface area contributed by atoms with Crippen LogP contribution in [0.4, 0.5) is 5.69 Å². The van der Waals surface area contributed by atoms with E-state index in [1.807, 2.05) is 30.3 Å². The van der Waals surface area contributed by atoms with Gasteiger partial charge < -0.3 is 10.0 Å². The van der Waals surface area contributed by atoms with Crippen molar-refractivity contribution >= 4 is 23.9 Å². The van der Waals surface area contributed by atoms with Crippen LogP contribution in [-0.2, 0) is 12.0 Å². The fourth-order valence-corrected chi connectivity index (χ4v) is 4.43. The minimum atomic E-state index is -0.804. The van der Waals surface area contributed by atoms with Crippen molar-refractivity contribution in [2.45, 2.75) is 31.3 Å². The Morgan fingerprint density at radius 1 is 1.14 bits per heavy atom. The van der Waals surface area contributed by atoms with Crippen LogP contribution in [0.5, 0.6) is 0 Å². The second-order valence-electron chi connectivity index (χ2n) is 7.90. The van der Waals surface area contributed by atoms with Crippen molar-refractivity contribution in [3.63, 3.8) is 0 Å². The molecule has 1 saturated heterocycles. The van der Waals surface area contributed by atoms with E-state index in [9.17, 15) is 20.0 Å². The molecule has 2 aliphatic rings. The first-order chi connectivity index (χ1) is 13.5. The number of aliphatic hydroxyl groups is 1. The average Bonchev–Trinajstić information content (AvgIpc) is 2.72. The van der Waals surface area contributed by atoms with Crippen LogP contribution in [0.3, 0.4) is 0 Å². The Balaban J connectivity index is 0.00000240. The number of fused-ring (bicyclic) bond motifs is 1. The van der Waals surface area contributed by atoms with Crippen LogP contribution in [-0.4, -0.2) is 40.3 Å². The number of hydrogen-bond acceptors (Lipinski definition) is 5. The molecule has 0 amide bonds. The molecule has 2 aromatic rings. The molecule has 6 nitrogen and oxygen atoms in total. The summed E-state index contributed by atoms with van der Waals surface area (Å²) in [6.45, 7) is 2.11. The van der Waals surface area contributed by atoms with Gasteiger partial charge >= 0.3 is 0 Å². The Labute approximate surface area is 176 Å². The summed E-state index contributed by atoms with van der Waals surface area (Å²) in [6, 6.07) is 14.4. The normalized spacial score (nSPS) is 21.1. The third-order valence-corrected chi connectivity index (χ3v) is 6.18. The van der Waals surface area contributed by atoms with E-state index in [4.69, 9.17) is 0 Å². The number of piperidine rings is 1. The summed E-state index contributed by atoms with van der Waals surface area (Å²) in [5.74, 6) is -0.133. The van der Waals surface area contributed by atoms with Crippen molar-refractivity contribution < 1.29 is 14.8 Å². The standard InChI is InChI=1S/C22H24N2O4.ClH/c25-21-17(7-6-16-8-9-19(24(27)28)14-20(16)21)15-23-12-10-22(26,11-13-23)18-4-2-1-3-5-18;/h1-5,8-9,14,17,26H,6-7,10-13,15H2;1H. The summed E-state index contributed by atoms with van der Waals surface area (Å²) in [5.41, 5.74) is 1.53. The van der Waals surface area contributed by atoms with Crippen LogP contribution in [0.2, 0.25) is 0 Å². The molecule has 1 unspecified atom stereocenters. The summed E-state index contributed by atoms with van der Waals surface area (Å²) in [7, 11) is 0. The Morgan fingerprint density at radius 3 is 2.48 bits per heavy atom. The number of halogens is 1. The predicted octanol–water partition coefficient (Wildman–Crippen LogP) is 3.75. The number of nitrogens with zero attached hydrogens (tertiary/aromatic N) is 2. The molecular formula is C22H25ClN2O4. The summed E-state index contributed by atoms with van der Waals surface area (Å²) < 4.78 is 0. The van der Waals surface area contributed by atoms with E-state index in [0.717, 1.165) is 37.1 Å². The molecule has 0 radical (unpaired) electrons. The molecule has 4 rings (SSSR count). The van der Waals surface area contributed by atoms with E-state index in [0.29, 0.717) is 24.9 Å². The lowest BCUT2D eigenvalue weighted by Gasteiger charge is -2.40. The highest BCUT2D eigenvalue weighted by Gasteiger charge is 2.36. The zero-order valence-corrected chi connectivity index (χ0v) is 16.9. The number of ketones is 1. The summed E-state index contributed by atoms with van der Waals surface area (Å²) in [6.07, 6.45) is 2.81. The van der Waals surface area contributed by atoms with Gasteiger partial charge in [0.05, 0.1) is 10.5 Å². The quantitative estimate of drug-likeness (QED) is 0.606. The molecule has 2 aromatic carbocycles. The van der Waals surface area contributed by atoms with Crippen molar-refractivity contribution in [3.8, 4) is 0 Å². The van der Waals surface area contributed by atoms with Crippen molar-refractivity contribution in [2.75, 3.05) is 19.6 Å². The lowest BCUT2D eigenvalue weighted by atomic mass is 9.81. The first-order valence-corrected chi connectivity index (χ1v) is 9.78. The maximum atomic E-state index is 12.9. The Kier molecular flexibility index (Phi) is 6.36. The SMILES string of the molecule is Cl.O=C1c2cc([N+](=O)[O-])ccc2CCC1CN1CCC(O)(c2ccccc2)CC1. The molecule has 0 spiro atoms. The molecule has 7 heteroatoms. The van der Waals surface area contributed by atoms with Crippen LogP contribution >= 0.6 is 12.4 Å². The minimum Gasteiger partial charge on any atom is -0.385 e. The molecule has 1 heterocycles. The molecule has 1 fully saturated rings. The van der Waals surface area contributed by atoms with Gasteiger partial charge in [-0.2, -0.15) is 0 Å². The van der Waals surface area contributed by atoms with Crippen molar-refractivity contribution in [2.24, 2.45) is 5.92 Å². The van der Waals surface area contributed by atoms with Gasteiger partial charge in [0.1, 0.15) is 0 Å². The molecule has 1 aliphatic heterocycles. The number of nitro benzene ring substituents is 1. The topological polar surface area (TPSA) is 83.7 Å². The van der Waals surface area contributed by atoms with Gasteiger partial charge in [-0.15, -0.1) is 12.4 Å². The molecule has 1 atom stereocenters. The maximum absolute atomic E-state index is 12.9. The van der Waals surface area contributed by atoms with E-state index in [1.165, 1.54) is 12.1 Å². The van der Waals surface area contributed by atoms with Gasteiger partial charge in [0.25, 0.3) is 5.69 Å². The van der Waals surface area contributed by atoms with E-state index in [2.05, 4.69) is 4.90 Å².